The van der Waals surface area contributed by atoms with E-state index in [0.717, 1.165) is 37.7 Å². The molecule has 2 heterocycles. The molecule has 30 heavy (non-hydrogen) atoms. The van der Waals surface area contributed by atoms with Crippen LogP contribution in [0.5, 0.6) is 0 Å². The summed E-state index contributed by atoms with van der Waals surface area (Å²) in [4.78, 5) is 15.2. The van der Waals surface area contributed by atoms with Crippen LogP contribution in [0.3, 0.4) is 0 Å². The van der Waals surface area contributed by atoms with Crippen molar-refractivity contribution in [3.05, 3.63) is 48.0 Å². The fraction of sp³-hybridized carbons (Fsp3) is 0.640. The number of rotatable bonds is 10. The van der Waals surface area contributed by atoms with E-state index in [2.05, 4.69) is 26.0 Å². The van der Waals surface area contributed by atoms with Crippen LogP contribution in [0.4, 0.5) is 4.79 Å². The van der Waals surface area contributed by atoms with Gasteiger partial charge < -0.3 is 14.2 Å². The van der Waals surface area contributed by atoms with Crippen LogP contribution >= 0.6 is 0 Å². The molecule has 0 aliphatic carbocycles. The molecule has 0 spiro atoms. The van der Waals surface area contributed by atoms with Gasteiger partial charge >= 0.3 is 6.09 Å². The maximum absolute atomic E-state index is 13.2. The molecule has 0 N–H and O–H groups in total. The van der Waals surface area contributed by atoms with Crippen LogP contribution in [-0.4, -0.2) is 42.6 Å². The molecule has 0 aromatic heterocycles. The molecule has 1 amide bonds. The molecule has 1 aromatic rings. The highest BCUT2D eigenvalue weighted by Crippen LogP contribution is 2.30. The third kappa shape index (κ3) is 6.58. The van der Waals surface area contributed by atoms with Gasteiger partial charge in [0.25, 0.3) is 0 Å². The average molecular weight is 416 g/mol. The predicted molar refractivity (Wildman–Crippen MR) is 118 cm³/mol. The van der Waals surface area contributed by atoms with E-state index in [0.29, 0.717) is 25.7 Å². The second kappa shape index (κ2) is 12.1. The van der Waals surface area contributed by atoms with Crippen molar-refractivity contribution in [1.82, 2.24) is 4.90 Å². The van der Waals surface area contributed by atoms with Gasteiger partial charge in [0.15, 0.2) is 6.29 Å². The van der Waals surface area contributed by atoms with Crippen LogP contribution in [0.15, 0.2) is 42.5 Å². The van der Waals surface area contributed by atoms with Crippen LogP contribution in [0.1, 0.15) is 64.4 Å². The van der Waals surface area contributed by atoms with Gasteiger partial charge in [-0.25, -0.2) is 4.79 Å². The Bertz CT molecular complexity index is 656. The van der Waals surface area contributed by atoms with Gasteiger partial charge in [0.05, 0.1) is 19.3 Å². The first-order valence-electron chi connectivity index (χ1n) is 11.6. The van der Waals surface area contributed by atoms with Crippen LogP contribution in [0.2, 0.25) is 0 Å². The zero-order valence-electron chi connectivity index (χ0n) is 18.5. The van der Waals surface area contributed by atoms with Gasteiger partial charge in [-0.2, -0.15) is 0 Å². The Morgan fingerprint density at radius 2 is 1.80 bits per heavy atom. The number of benzene rings is 1. The summed E-state index contributed by atoms with van der Waals surface area (Å²) in [6.45, 7) is 6.09. The number of ether oxygens (including phenoxy) is 3. The van der Waals surface area contributed by atoms with E-state index >= 15 is 0 Å². The minimum atomic E-state index is -0.199. The average Bonchev–Trinajstić information content (AvgIpc) is 3.28. The highest BCUT2D eigenvalue weighted by molar-refractivity contribution is 5.69. The summed E-state index contributed by atoms with van der Waals surface area (Å²) in [5, 5.41) is 0. The summed E-state index contributed by atoms with van der Waals surface area (Å²) in [6, 6.07) is 10.1. The largest absolute Gasteiger partial charge is 0.445 e. The van der Waals surface area contributed by atoms with E-state index < -0.39 is 0 Å². The van der Waals surface area contributed by atoms with E-state index in [1.165, 1.54) is 12.8 Å². The Hall–Kier alpha value is -1.85. The number of hydrogen-bond donors (Lipinski definition) is 0. The Balaban J connectivity index is 1.64. The number of carbonyl (C=O) groups is 1. The van der Waals surface area contributed by atoms with Crippen molar-refractivity contribution in [3.8, 4) is 0 Å². The molecule has 1 aromatic carbocycles. The second-order valence-corrected chi connectivity index (χ2v) is 8.42. The molecule has 2 aliphatic rings. The van der Waals surface area contributed by atoms with E-state index in [1.807, 2.05) is 35.2 Å². The zero-order valence-corrected chi connectivity index (χ0v) is 18.5. The fourth-order valence-corrected chi connectivity index (χ4v) is 4.40. The Kier molecular flexibility index (Phi) is 9.22. The van der Waals surface area contributed by atoms with Crippen LogP contribution in [0.25, 0.3) is 0 Å². The van der Waals surface area contributed by atoms with Gasteiger partial charge in [-0.1, -0.05) is 75.6 Å². The van der Waals surface area contributed by atoms with Crippen LogP contribution in [-0.2, 0) is 20.8 Å². The highest BCUT2D eigenvalue weighted by Gasteiger charge is 2.36. The van der Waals surface area contributed by atoms with Crippen molar-refractivity contribution in [2.24, 2.45) is 5.92 Å². The number of unbranched alkanes of at least 4 members (excludes halogenated alkanes) is 2. The predicted octanol–water partition coefficient (Wildman–Crippen LogP) is 5.69. The molecule has 2 aliphatic heterocycles. The first-order chi connectivity index (χ1) is 14.7. The van der Waals surface area contributed by atoms with E-state index in [1.54, 1.807) is 0 Å². The SMILES string of the molecule is CCCCC[C@@H]1C=C[C@@H](C)[C@H](CCCC2OCCO2)N1C(=O)OCc1ccccc1. The molecule has 0 unspecified atom stereocenters. The van der Waals surface area contributed by atoms with Gasteiger partial charge in [0.2, 0.25) is 0 Å². The standard InChI is InChI=1S/C25H37NO4/c1-3-4-6-12-22-16-15-20(2)23(13-9-14-24-28-17-18-29-24)26(22)25(27)30-19-21-10-7-5-8-11-21/h5,7-8,10-11,15-16,20,22-24H,3-4,6,9,12-14,17-19H2,1-2H3/t20-,22-,23+/m1/s1. The summed E-state index contributed by atoms with van der Waals surface area (Å²) in [5.74, 6) is 0.308. The van der Waals surface area contributed by atoms with E-state index in [-0.39, 0.29) is 24.5 Å². The Morgan fingerprint density at radius 1 is 1.03 bits per heavy atom. The van der Waals surface area contributed by atoms with Crippen LogP contribution < -0.4 is 0 Å². The zero-order chi connectivity index (χ0) is 21.2. The number of hydrogen-bond acceptors (Lipinski definition) is 4. The summed E-state index contributed by atoms with van der Waals surface area (Å²) >= 11 is 0. The van der Waals surface area contributed by atoms with Gasteiger partial charge in [-0.3, -0.25) is 4.90 Å². The van der Waals surface area contributed by atoms with E-state index in [4.69, 9.17) is 14.2 Å². The topological polar surface area (TPSA) is 48.0 Å². The molecule has 3 atom stereocenters. The summed E-state index contributed by atoms with van der Waals surface area (Å²) < 4.78 is 16.9. The van der Waals surface area contributed by atoms with Gasteiger partial charge in [0.1, 0.15) is 6.61 Å². The molecular formula is C25H37NO4. The second-order valence-electron chi connectivity index (χ2n) is 8.42. The molecule has 1 fully saturated rings. The molecule has 166 valence electrons. The normalized spacial score (nSPS) is 24.3. The monoisotopic (exact) mass is 415 g/mol. The fourth-order valence-electron chi connectivity index (χ4n) is 4.40. The third-order valence-electron chi connectivity index (χ3n) is 6.11. The molecular weight excluding hydrogens is 378 g/mol. The Morgan fingerprint density at radius 3 is 2.53 bits per heavy atom. The summed E-state index contributed by atoms with van der Waals surface area (Å²) in [7, 11) is 0. The lowest BCUT2D eigenvalue weighted by Crippen LogP contribution is -2.51. The molecule has 5 nitrogen and oxygen atoms in total. The molecule has 3 rings (SSSR count). The van der Waals surface area contributed by atoms with Crippen molar-refractivity contribution in [3.63, 3.8) is 0 Å². The Labute approximate surface area is 181 Å². The number of carbonyl (C=O) groups excluding carboxylic acids is 1. The maximum Gasteiger partial charge on any atom is 0.410 e. The van der Waals surface area contributed by atoms with Gasteiger partial charge in [-0.05, 0) is 37.2 Å². The number of amides is 1. The lowest BCUT2D eigenvalue weighted by atomic mass is 9.88. The van der Waals surface area contributed by atoms with Crippen molar-refractivity contribution in [1.29, 1.82) is 0 Å². The summed E-state index contributed by atoms with van der Waals surface area (Å²) in [5.41, 5.74) is 1.01. The van der Waals surface area contributed by atoms with Crippen molar-refractivity contribution in [2.75, 3.05) is 13.2 Å². The van der Waals surface area contributed by atoms with Crippen molar-refractivity contribution in [2.45, 2.75) is 83.8 Å². The quantitative estimate of drug-likeness (QED) is 0.364. The van der Waals surface area contributed by atoms with Crippen molar-refractivity contribution >= 4 is 6.09 Å². The molecule has 0 bridgehead atoms. The summed E-state index contributed by atoms with van der Waals surface area (Å²) in [6.07, 6.45) is 11.5. The molecule has 0 radical (unpaired) electrons. The first kappa shape index (κ1) is 22.8. The van der Waals surface area contributed by atoms with E-state index in [9.17, 15) is 4.79 Å². The van der Waals surface area contributed by atoms with Gasteiger partial charge in [0, 0.05) is 6.04 Å². The van der Waals surface area contributed by atoms with Gasteiger partial charge in [-0.15, -0.1) is 0 Å². The molecule has 0 saturated carbocycles. The smallest absolute Gasteiger partial charge is 0.410 e. The minimum Gasteiger partial charge on any atom is -0.445 e. The number of nitrogens with zero attached hydrogens (tertiary/aromatic N) is 1. The highest BCUT2D eigenvalue weighted by atomic mass is 16.7. The molecule has 1 saturated heterocycles. The van der Waals surface area contributed by atoms with Crippen molar-refractivity contribution < 1.29 is 19.0 Å². The maximum atomic E-state index is 13.2. The molecule has 5 heteroatoms. The minimum absolute atomic E-state index is 0.0849. The van der Waals surface area contributed by atoms with Crippen LogP contribution in [0, 0.1) is 5.92 Å². The lowest BCUT2D eigenvalue weighted by Gasteiger charge is -2.42. The lowest BCUT2D eigenvalue weighted by molar-refractivity contribution is -0.0494. The third-order valence-corrected chi connectivity index (χ3v) is 6.11. The first-order valence-corrected chi connectivity index (χ1v) is 11.6.